The van der Waals surface area contributed by atoms with Gasteiger partial charge in [-0.2, -0.15) is 0 Å². The smallest absolute Gasteiger partial charge is 0.322 e. The van der Waals surface area contributed by atoms with Crippen molar-refractivity contribution < 1.29 is 23.7 Å². The van der Waals surface area contributed by atoms with Crippen molar-refractivity contribution in [1.82, 2.24) is 0 Å². The van der Waals surface area contributed by atoms with Crippen molar-refractivity contribution in [3.05, 3.63) is 0 Å². The number of hydrogen-bond acceptors (Lipinski definition) is 5. The van der Waals surface area contributed by atoms with Crippen LogP contribution < -0.4 is 0 Å². The third kappa shape index (κ3) is 12.4. The molecule has 20 heavy (non-hydrogen) atoms. The van der Waals surface area contributed by atoms with Gasteiger partial charge in [0.15, 0.2) is 0 Å². The predicted molar refractivity (Wildman–Crippen MR) is 79.9 cm³/mol. The van der Waals surface area contributed by atoms with Crippen LogP contribution in [-0.4, -0.2) is 56.5 Å². The van der Waals surface area contributed by atoms with Gasteiger partial charge in [-0.15, -0.1) is 12.3 Å². The fourth-order valence-corrected chi connectivity index (χ4v) is 1.15. The maximum atomic E-state index is 11.4. The molecule has 116 valence electrons. The van der Waals surface area contributed by atoms with Crippen LogP contribution in [0.3, 0.4) is 0 Å². The Kier molecular flexibility index (Phi) is 11.8. The van der Waals surface area contributed by atoms with Gasteiger partial charge in [0.05, 0.1) is 39.6 Å². The lowest BCUT2D eigenvalue weighted by atomic mass is 10.2. The number of alkyl halides is 1. The van der Waals surface area contributed by atoms with Crippen molar-refractivity contribution in [2.24, 2.45) is 0 Å². The number of rotatable bonds is 12. The first-order valence-electron chi connectivity index (χ1n) is 6.51. The molecule has 0 unspecified atom stereocenters. The van der Waals surface area contributed by atoms with E-state index in [9.17, 15) is 4.79 Å². The van der Waals surface area contributed by atoms with Crippen LogP contribution in [-0.2, 0) is 23.7 Å². The van der Waals surface area contributed by atoms with Crippen LogP contribution in [0.1, 0.15) is 20.3 Å². The Labute approximate surface area is 129 Å². The summed E-state index contributed by atoms with van der Waals surface area (Å²) in [5, 5.41) is 0. The topological polar surface area (TPSA) is 54.0 Å². The zero-order chi connectivity index (χ0) is 15.3. The Hall–Kier alpha value is -0.610. The summed E-state index contributed by atoms with van der Waals surface area (Å²) in [6, 6.07) is 0. The molecular weight excluding hydrogens is 328 g/mol. The van der Waals surface area contributed by atoms with Gasteiger partial charge in [-0.1, -0.05) is 15.9 Å². The Morgan fingerprint density at radius 1 is 1.00 bits per heavy atom. The minimum Gasteiger partial charge on any atom is -0.462 e. The third-order valence-electron chi connectivity index (χ3n) is 2.08. The number of halogens is 1. The first-order chi connectivity index (χ1) is 9.48. The van der Waals surface area contributed by atoms with E-state index in [0.717, 1.165) is 0 Å². The molecule has 0 heterocycles. The summed E-state index contributed by atoms with van der Waals surface area (Å²) < 4.78 is 20.1. The second-order valence-electron chi connectivity index (χ2n) is 4.40. The van der Waals surface area contributed by atoms with Gasteiger partial charge in [-0.3, -0.25) is 4.79 Å². The molecule has 0 N–H and O–H groups in total. The number of carbonyl (C=O) groups is 1. The standard InChI is InChI=1S/C14H23BrO5/c1-4-5-6-17-7-8-18-9-10-19-11-12-20-13(16)14(2,3)15/h1H,5-12H2,2-3H3. The molecule has 6 heteroatoms. The van der Waals surface area contributed by atoms with E-state index < -0.39 is 4.32 Å². The van der Waals surface area contributed by atoms with Gasteiger partial charge in [0.1, 0.15) is 10.9 Å². The van der Waals surface area contributed by atoms with Gasteiger partial charge in [-0.25, -0.2) is 0 Å². The molecule has 0 radical (unpaired) electrons. The first kappa shape index (κ1) is 19.4. The molecule has 0 spiro atoms. The summed E-state index contributed by atoms with van der Waals surface area (Å²) in [5.74, 6) is 2.19. The molecule has 0 aromatic carbocycles. The summed E-state index contributed by atoms with van der Waals surface area (Å²) in [5.41, 5.74) is 0. The highest BCUT2D eigenvalue weighted by molar-refractivity contribution is 9.10. The molecule has 0 aliphatic carbocycles. The van der Waals surface area contributed by atoms with Gasteiger partial charge in [0, 0.05) is 6.42 Å². The number of hydrogen-bond donors (Lipinski definition) is 0. The van der Waals surface area contributed by atoms with Crippen LogP contribution in [0.15, 0.2) is 0 Å². The van der Waals surface area contributed by atoms with Gasteiger partial charge in [-0.05, 0) is 13.8 Å². The molecule has 0 aliphatic rings. The number of ether oxygens (including phenoxy) is 4. The summed E-state index contributed by atoms with van der Waals surface area (Å²) in [4.78, 5) is 11.4. The van der Waals surface area contributed by atoms with E-state index in [0.29, 0.717) is 46.1 Å². The van der Waals surface area contributed by atoms with Crippen molar-refractivity contribution in [3.8, 4) is 12.3 Å². The van der Waals surface area contributed by atoms with Gasteiger partial charge >= 0.3 is 5.97 Å². The second-order valence-corrected chi connectivity index (χ2v) is 6.38. The molecule has 0 rings (SSSR count). The highest BCUT2D eigenvalue weighted by atomic mass is 79.9. The SMILES string of the molecule is C#CCCOCCOCCOCCOC(=O)C(C)(C)Br. The molecule has 0 atom stereocenters. The highest BCUT2D eigenvalue weighted by Crippen LogP contribution is 2.17. The summed E-state index contributed by atoms with van der Waals surface area (Å²) in [6.07, 6.45) is 5.70. The average Bonchev–Trinajstić information content (AvgIpc) is 2.38. The second kappa shape index (κ2) is 12.2. The van der Waals surface area contributed by atoms with E-state index in [2.05, 4.69) is 21.9 Å². The lowest BCUT2D eigenvalue weighted by Crippen LogP contribution is -2.27. The quantitative estimate of drug-likeness (QED) is 0.232. The van der Waals surface area contributed by atoms with Gasteiger partial charge < -0.3 is 18.9 Å². The third-order valence-corrected chi connectivity index (χ3v) is 2.40. The molecule has 0 aromatic rings. The van der Waals surface area contributed by atoms with Crippen LogP contribution in [0.2, 0.25) is 0 Å². The van der Waals surface area contributed by atoms with Crippen molar-refractivity contribution in [1.29, 1.82) is 0 Å². The number of terminal acetylenes is 1. The summed E-state index contributed by atoms with van der Waals surface area (Å²) >= 11 is 3.22. The van der Waals surface area contributed by atoms with Crippen LogP contribution in [0.4, 0.5) is 0 Å². The molecule has 0 amide bonds. The number of carbonyl (C=O) groups excluding carboxylic acids is 1. The summed E-state index contributed by atoms with van der Waals surface area (Å²) in [7, 11) is 0. The lowest BCUT2D eigenvalue weighted by Gasteiger charge is -2.14. The van der Waals surface area contributed by atoms with Crippen LogP contribution in [0.25, 0.3) is 0 Å². The van der Waals surface area contributed by atoms with Crippen molar-refractivity contribution in [3.63, 3.8) is 0 Å². The molecule has 0 aromatic heterocycles. The Morgan fingerprint density at radius 2 is 1.45 bits per heavy atom. The van der Waals surface area contributed by atoms with E-state index in [1.807, 2.05) is 0 Å². The van der Waals surface area contributed by atoms with Crippen LogP contribution in [0, 0.1) is 12.3 Å². The van der Waals surface area contributed by atoms with Gasteiger partial charge in [0.25, 0.3) is 0 Å². The summed E-state index contributed by atoms with van der Waals surface area (Å²) in [6.45, 7) is 6.60. The minimum atomic E-state index is -0.657. The zero-order valence-corrected chi connectivity index (χ0v) is 13.7. The van der Waals surface area contributed by atoms with E-state index in [-0.39, 0.29) is 12.6 Å². The maximum Gasteiger partial charge on any atom is 0.322 e. The predicted octanol–water partition coefficient (Wildman–Crippen LogP) is 1.78. The lowest BCUT2D eigenvalue weighted by molar-refractivity contribution is -0.147. The zero-order valence-electron chi connectivity index (χ0n) is 12.2. The van der Waals surface area contributed by atoms with E-state index in [4.69, 9.17) is 25.4 Å². The van der Waals surface area contributed by atoms with E-state index in [1.165, 1.54) is 0 Å². The average molecular weight is 351 g/mol. The Balaban J connectivity index is 3.18. The number of esters is 1. The maximum absolute atomic E-state index is 11.4. The molecule has 0 saturated heterocycles. The molecule has 0 fully saturated rings. The molecule has 0 aliphatic heterocycles. The molecule has 0 bridgehead atoms. The normalized spacial score (nSPS) is 11.1. The van der Waals surface area contributed by atoms with E-state index >= 15 is 0 Å². The van der Waals surface area contributed by atoms with Crippen molar-refractivity contribution >= 4 is 21.9 Å². The van der Waals surface area contributed by atoms with Crippen molar-refractivity contribution in [2.45, 2.75) is 24.6 Å². The minimum absolute atomic E-state index is 0.239. The molecular formula is C14H23BrO5. The van der Waals surface area contributed by atoms with Crippen LogP contribution in [0.5, 0.6) is 0 Å². The molecule has 5 nitrogen and oxygen atoms in total. The van der Waals surface area contributed by atoms with Crippen LogP contribution >= 0.6 is 15.9 Å². The highest BCUT2D eigenvalue weighted by Gasteiger charge is 2.24. The van der Waals surface area contributed by atoms with Gasteiger partial charge in [0.2, 0.25) is 0 Å². The monoisotopic (exact) mass is 350 g/mol. The van der Waals surface area contributed by atoms with Crippen molar-refractivity contribution in [2.75, 3.05) is 46.2 Å². The Morgan fingerprint density at radius 3 is 1.90 bits per heavy atom. The molecule has 0 saturated carbocycles. The fraction of sp³-hybridized carbons (Fsp3) is 0.786. The largest absolute Gasteiger partial charge is 0.462 e. The van der Waals surface area contributed by atoms with E-state index in [1.54, 1.807) is 13.8 Å². The first-order valence-corrected chi connectivity index (χ1v) is 7.30. The fourth-order valence-electron chi connectivity index (χ4n) is 1.04. The Bertz CT molecular complexity index is 293.